The normalized spacial score (nSPS) is 11.1. The van der Waals surface area contributed by atoms with Crippen molar-refractivity contribution < 1.29 is 0 Å². The average molecular weight is 235 g/mol. The summed E-state index contributed by atoms with van der Waals surface area (Å²) in [6.45, 7) is 2.87. The van der Waals surface area contributed by atoms with Crippen LogP contribution in [0.25, 0.3) is 5.65 Å². The van der Waals surface area contributed by atoms with Gasteiger partial charge in [-0.15, -0.1) is 0 Å². The number of aryl methyl sites for hydroxylation is 1. The lowest BCUT2D eigenvalue weighted by Gasteiger charge is -1.95. The second-order valence-electron chi connectivity index (χ2n) is 3.85. The zero-order chi connectivity index (χ0) is 11.4. The Morgan fingerprint density at radius 3 is 3.12 bits per heavy atom. The van der Waals surface area contributed by atoms with E-state index in [0.717, 1.165) is 35.8 Å². The molecule has 2 heterocycles. The molecule has 86 valence electrons. The van der Waals surface area contributed by atoms with Gasteiger partial charge in [-0.25, -0.2) is 4.98 Å². The second kappa shape index (κ2) is 5.37. The van der Waals surface area contributed by atoms with Crippen LogP contribution < -0.4 is 5.73 Å². The van der Waals surface area contributed by atoms with E-state index in [1.807, 2.05) is 18.0 Å². The molecule has 0 amide bonds. The van der Waals surface area contributed by atoms with E-state index < -0.39 is 0 Å². The second-order valence-corrected chi connectivity index (χ2v) is 4.95. The first kappa shape index (κ1) is 11.5. The molecule has 0 bridgehead atoms. The molecule has 0 fully saturated rings. The smallest absolute Gasteiger partial charge is 0.139 e. The zero-order valence-corrected chi connectivity index (χ0v) is 10.3. The van der Waals surface area contributed by atoms with Gasteiger partial charge in [-0.3, -0.25) is 0 Å². The van der Waals surface area contributed by atoms with Gasteiger partial charge in [0.15, 0.2) is 0 Å². The minimum absolute atomic E-state index is 0.775. The number of pyridine rings is 1. The van der Waals surface area contributed by atoms with Crippen molar-refractivity contribution in [3.63, 3.8) is 0 Å². The van der Waals surface area contributed by atoms with Crippen LogP contribution in [0.3, 0.4) is 0 Å². The summed E-state index contributed by atoms with van der Waals surface area (Å²) >= 11 is 1.90. The number of hydrogen-bond acceptors (Lipinski definition) is 3. The van der Waals surface area contributed by atoms with Gasteiger partial charge in [0.25, 0.3) is 0 Å². The van der Waals surface area contributed by atoms with Crippen molar-refractivity contribution in [2.24, 2.45) is 5.73 Å². The van der Waals surface area contributed by atoms with E-state index in [9.17, 15) is 0 Å². The molecule has 3 nitrogen and oxygen atoms in total. The molecule has 2 N–H and O–H groups in total. The number of fused-ring (bicyclic) bond motifs is 1. The first-order valence-electron chi connectivity index (χ1n) is 5.52. The molecule has 0 aliphatic heterocycles. The van der Waals surface area contributed by atoms with Crippen LogP contribution >= 0.6 is 11.8 Å². The SMILES string of the molecule is Cc1cccn2cc(CSCCCN)nc12. The molecular formula is C12H17N3S. The van der Waals surface area contributed by atoms with Crippen LogP contribution in [0.1, 0.15) is 17.7 Å². The van der Waals surface area contributed by atoms with E-state index in [-0.39, 0.29) is 0 Å². The van der Waals surface area contributed by atoms with Crippen LogP contribution in [0.15, 0.2) is 24.5 Å². The minimum Gasteiger partial charge on any atom is -0.330 e. The van der Waals surface area contributed by atoms with Crippen LogP contribution in [0.4, 0.5) is 0 Å². The molecule has 0 spiro atoms. The predicted molar refractivity (Wildman–Crippen MR) is 69.8 cm³/mol. The monoisotopic (exact) mass is 235 g/mol. The Morgan fingerprint density at radius 1 is 1.50 bits per heavy atom. The molecule has 0 aliphatic carbocycles. The van der Waals surface area contributed by atoms with E-state index in [0.29, 0.717) is 0 Å². The molecule has 0 aromatic carbocycles. The van der Waals surface area contributed by atoms with Crippen LogP contribution in [-0.2, 0) is 5.75 Å². The Bertz CT molecular complexity index is 464. The summed E-state index contributed by atoms with van der Waals surface area (Å²) < 4.78 is 2.09. The number of hydrogen-bond donors (Lipinski definition) is 1. The van der Waals surface area contributed by atoms with Gasteiger partial charge < -0.3 is 10.1 Å². The number of imidazole rings is 1. The number of rotatable bonds is 5. The maximum atomic E-state index is 5.46. The van der Waals surface area contributed by atoms with Gasteiger partial charge in [-0.1, -0.05) is 6.07 Å². The lowest BCUT2D eigenvalue weighted by Crippen LogP contribution is -1.99. The first-order valence-corrected chi connectivity index (χ1v) is 6.68. The number of nitrogens with two attached hydrogens (primary N) is 1. The zero-order valence-electron chi connectivity index (χ0n) is 9.52. The summed E-state index contributed by atoms with van der Waals surface area (Å²) in [5, 5.41) is 0. The minimum atomic E-state index is 0.775. The van der Waals surface area contributed by atoms with Gasteiger partial charge in [-0.05, 0) is 37.3 Å². The van der Waals surface area contributed by atoms with Gasteiger partial charge in [0.05, 0.1) is 5.69 Å². The Labute approximate surface area is 100 Å². The Hall–Kier alpha value is -1.00. The maximum Gasteiger partial charge on any atom is 0.139 e. The number of thioether (sulfide) groups is 1. The molecule has 2 aromatic rings. The summed E-state index contributed by atoms with van der Waals surface area (Å²) in [6, 6.07) is 4.14. The topological polar surface area (TPSA) is 43.3 Å². The van der Waals surface area contributed by atoms with Crippen LogP contribution in [0.2, 0.25) is 0 Å². The van der Waals surface area contributed by atoms with Crippen molar-refractivity contribution in [2.75, 3.05) is 12.3 Å². The number of nitrogens with zero attached hydrogens (tertiary/aromatic N) is 2. The maximum absolute atomic E-state index is 5.46. The van der Waals surface area contributed by atoms with Crippen LogP contribution in [-0.4, -0.2) is 21.7 Å². The van der Waals surface area contributed by atoms with Crippen molar-refractivity contribution >= 4 is 17.4 Å². The Morgan fingerprint density at radius 2 is 2.38 bits per heavy atom. The first-order chi connectivity index (χ1) is 7.81. The summed E-state index contributed by atoms with van der Waals surface area (Å²) in [4.78, 5) is 4.62. The summed E-state index contributed by atoms with van der Waals surface area (Å²) in [5.74, 6) is 2.09. The Kier molecular flexibility index (Phi) is 3.85. The fourth-order valence-electron chi connectivity index (χ4n) is 1.64. The average Bonchev–Trinajstić information content (AvgIpc) is 2.69. The molecule has 0 radical (unpaired) electrons. The molecule has 2 aromatic heterocycles. The molecule has 0 unspecified atom stereocenters. The molecule has 0 atom stereocenters. The van der Waals surface area contributed by atoms with Crippen LogP contribution in [0.5, 0.6) is 0 Å². The van der Waals surface area contributed by atoms with Crippen molar-refractivity contribution in [3.05, 3.63) is 35.8 Å². The standard InChI is InChI=1S/C12H17N3S/c1-10-4-2-6-15-8-11(14-12(10)15)9-16-7-3-5-13/h2,4,6,8H,3,5,7,9,13H2,1H3. The highest BCUT2D eigenvalue weighted by Gasteiger charge is 2.03. The molecule has 16 heavy (non-hydrogen) atoms. The highest BCUT2D eigenvalue weighted by atomic mass is 32.2. The quantitative estimate of drug-likeness (QED) is 0.808. The molecule has 2 rings (SSSR count). The van der Waals surface area contributed by atoms with E-state index in [1.165, 1.54) is 5.56 Å². The van der Waals surface area contributed by atoms with Crippen molar-refractivity contribution in [3.8, 4) is 0 Å². The van der Waals surface area contributed by atoms with Gasteiger partial charge in [-0.2, -0.15) is 11.8 Å². The number of aromatic nitrogens is 2. The fraction of sp³-hybridized carbons (Fsp3) is 0.417. The summed E-state index contributed by atoms with van der Waals surface area (Å²) in [6.07, 6.45) is 5.23. The van der Waals surface area contributed by atoms with E-state index in [2.05, 4.69) is 34.6 Å². The lowest BCUT2D eigenvalue weighted by atomic mass is 10.3. The molecular weight excluding hydrogens is 218 g/mol. The summed E-state index contributed by atoms with van der Waals surface area (Å²) in [7, 11) is 0. The third kappa shape index (κ3) is 2.57. The van der Waals surface area contributed by atoms with Crippen molar-refractivity contribution in [2.45, 2.75) is 19.1 Å². The highest BCUT2D eigenvalue weighted by molar-refractivity contribution is 7.98. The van der Waals surface area contributed by atoms with E-state index >= 15 is 0 Å². The molecule has 0 saturated carbocycles. The van der Waals surface area contributed by atoms with Gasteiger partial charge >= 0.3 is 0 Å². The molecule has 0 saturated heterocycles. The van der Waals surface area contributed by atoms with Crippen LogP contribution in [0, 0.1) is 6.92 Å². The fourth-order valence-corrected chi connectivity index (χ4v) is 2.50. The Balaban J connectivity index is 2.05. The van der Waals surface area contributed by atoms with Crippen molar-refractivity contribution in [1.29, 1.82) is 0 Å². The van der Waals surface area contributed by atoms with E-state index in [4.69, 9.17) is 5.73 Å². The molecule has 0 aliphatic rings. The van der Waals surface area contributed by atoms with E-state index in [1.54, 1.807) is 0 Å². The third-order valence-corrected chi connectivity index (χ3v) is 3.55. The van der Waals surface area contributed by atoms with Gasteiger partial charge in [0.2, 0.25) is 0 Å². The van der Waals surface area contributed by atoms with Crippen molar-refractivity contribution in [1.82, 2.24) is 9.38 Å². The van der Waals surface area contributed by atoms with Gasteiger partial charge in [0, 0.05) is 18.1 Å². The third-order valence-electron chi connectivity index (χ3n) is 2.47. The largest absolute Gasteiger partial charge is 0.330 e. The predicted octanol–water partition coefficient (Wildman–Crippen LogP) is 2.22. The summed E-state index contributed by atoms with van der Waals surface area (Å²) in [5.41, 5.74) is 8.89. The molecule has 4 heteroatoms. The highest BCUT2D eigenvalue weighted by Crippen LogP contribution is 2.15. The lowest BCUT2D eigenvalue weighted by molar-refractivity contribution is 0.942. The van der Waals surface area contributed by atoms with Gasteiger partial charge in [0.1, 0.15) is 5.65 Å².